The van der Waals surface area contributed by atoms with Gasteiger partial charge in [-0.2, -0.15) is 4.99 Å². The first-order chi connectivity index (χ1) is 9.50. The molecule has 3 rings (SSSR count). The predicted octanol–water partition coefficient (Wildman–Crippen LogP) is 3.31. The highest BCUT2D eigenvalue weighted by Gasteiger charge is 2.44. The number of carbonyl (C=O) groups excluding carboxylic acids is 1. The van der Waals surface area contributed by atoms with Crippen LogP contribution < -0.4 is 5.32 Å². The van der Waals surface area contributed by atoms with Crippen molar-refractivity contribution in [1.82, 2.24) is 5.32 Å². The van der Waals surface area contributed by atoms with E-state index in [4.69, 9.17) is 0 Å². The number of thioether (sulfide) groups is 1. The number of aryl methyl sites for hydroxylation is 1. The Morgan fingerprint density at radius 2 is 2.15 bits per heavy atom. The summed E-state index contributed by atoms with van der Waals surface area (Å²) in [6.45, 7) is 6.15. The number of fused-ring (bicyclic) bond motifs is 1. The quantitative estimate of drug-likeness (QED) is 0.907. The molecule has 0 fully saturated rings. The Hall–Kier alpha value is -1.29. The molecule has 106 valence electrons. The molecule has 0 spiro atoms. The molecule has 0 aromatic heterocycles. The maximum Gasteiger partial charge on any atom is 0.264 e. The van der Waals surface area contributed by atoms with E-state index < -0.39 is 4.75 Å². The Morgan fingerprint density at radius 3 is 2.85 bits per heavy atom. The Bertz CT molecular complexity index is 582. The first-order valence-electron chi connectivity index (χ1n) is 7.17. The number of benzene rings is 1. The molecule has 1 aromatic rings. The molecule has 1 amide bonds. The highest BCUT2D eigenvalue weighted by atomic mass is 32.2. The molecule has 2 aliphatic rings. The van der Waals surface area contributed by atoms with Crippen LogP contribution in [0.5, 0.6) is 0 Å². The minimum Gasteiger partial charge on any atom is -0.358 e. The lowest BCUT2D eigenvalue weighted by Crippen LogP contribution is -2.34. The number of rotatable bonds is 2. The summed E-state index contributed by atoms with van der Waals surface area (Å²) in [6.07, 6.45) is 2.17. The molecule has 1 unspecified atom stereocenters. The number of hydrogen-bond acceptors (Lipinski definition) is 3. The van der Waals surface area contributed by atoms with Crippen molar-refractivity contribution >= 4 is 22.8 Å². The first-order valence-corrected chi connectivity index (χ1v) is 7.99. The lowest BCUT2D eigenvalue weighted by Gasteiger charge is -2.24. The fourth-order valence-corrected chi connectivity index (χ4v) is 3.85. The largest absolute Gasteiger partial charge is 0.358 e. The average molecular weight is 288 g/mol. The van der Waals surface area contributed by atoms with Crippen LogP contribution in [0.2, 0.25) is 0 Å². The maximum atomic E-state index is 12.1. The number of nitrogens with zero attached hydrogens (tertiary/aromatic N) is 1. The summed E-state index contributed by atoms with van der Waals surface area (Å²) in [5.74, 6) is 0.269. The summed E-state index contributed by atoms with van der Waals surface area (Å²) < 4.78 is -0.416. The fourth-order valence-electron chi connectivity index (χ4n) is 2.75. The Morgan fingerprint density at radius 1 is 1.40 bits per heavy atom. The van der Waals surface area contributed by atoms with Crippen molar-refractivity contribution in [3.05, 3.63) is 35.4 Å². The number of aliphatic imine (C=N–C) groups is 1. The van der Waals surface area contributed by atoms with Crippen molar-refractivity contribution in [2.45, 2.75) is 44.4 Å². The summed E-state index contributed by atoms with van der Waals surface area (Å²) in [7, 11) is 0. The van der Waals surface area contributed by atoms with Crippen molar-refractivity contribution in [2.75, 3.05) is 0 Å². The van der Waals surface area contributed by atoms with Gasteiger partial charge in [0.25, 0.3) is 5.91 Å². The molecule has 4 heteroatoms. The van der Waals surface area contributed by atoms with Crippen LogP contribution in [-0.2, 0) is 11.2 Å². The molecular weight excluding hydrogens is 268 g/mol. The van der Waals surface area contributed by atoms with E-state index in [9.17, 15) is 4.79 Å². The standard InChI is InChI=1S/C16H20N2OS/c1-10(2)16(3)14(19)18-15(20-16)17-13-9-8-11-6-4-5-7-12(11)13/h4-7,10,13H,8-9H2,1-3H3,(H,17,18,19)/t13-,16?/m0/s1. The maximum absolute atomic E-state index is 12.1. The van der Waals surface area contributed by atoms with Crippen molar-refractivity contribution in [3.63, 3.8) is 0 Å². The SMILES string of the molecule is CC(C)C1(C)SC(N[C@H]2CCc3ccccc32)=NC1=O. The van der Waals surface area contributed by atoms with Crippen LogP contribution in [0.1, 0.15) is 44.4 Å². The molecule has 0 saturated carbocycles. The number of amides is 1. The Balaban J connectivity index is 1.75. The van der Waals surface area contributed by atoms with E-state index in [1.54, 1.807) is 11.8 Å². The van der Waals surface area contributed by atoms with Crippen LogP contribution in [0.15, 0.2) is 29.3 Å². The molecule has 0 radical (unpaired) electrons. The number of nitrogens with one attached hydrogen (secondary N) is 1. The summed E-state index contributed by atoms with van der Waals surface area (Å²) in [6, 6.07) is 8.81. The zero-order valence-electron chi connectivity index (χ0n) is 12.1. The van der Waals surface area contributed by atoms with Crippen molar-refractivity contribution in [1.29, 1.82) is 0 Å². The van der Waals surface area contributed by atoms with Gasteiger partial charge in [-0.05, 0) is 36.8 Å². The molecule has 1 aliphatic heterocycles. The van der Waals surface area contributed by atoms with E-state index in [2.05, 4.69) is 48.4 Å². The first kappa shape index (κ1) is 13.7. The van der Waals surface area contributed by atoms with Gasteiger partial charge in [-0.25, -0.2) is 0 Å². The van der Waals surface area contributed by atoms with Crippen molar-refractivity contribution < 1.29 is 4.79 Å². The van der Waals surface area contributed by atoms with Crippen LogP contribution in [0.4, 0.5) is 0 Å². The molecule has 0 bridgehead atoms. The molecule has 1 N–H and O–H groups in total. The van der Waals surface area contributed by atoms with Crippen LogP contribution in [0.25, 0.3) is 0 Å². The van der Waals surface area contributed by atoms with Crippen molar-refractivity contribution in [2.24, 2.45) is 10.9 Å². The highest BCUT2D eigenvalue weighted by Crippen LogP contribution is 2.40. The van der Waals surface area contributed by atoms with Crippen LogP contribution in [0.3, 0.4) is 0 Å². The van der Waals surface area contributed by atoms with E-state index >= 15 is 0 Å². The highest BCUT2D eigenvalue weighted by molar-refractivity contribution is 8.16. The summed E-state index contributed by atoms with van der Waals surface area (Å²) in [5.41, 5.74) is 2.76. The summed E-state index contributed by atoms with van der Waals surface area (Å²) in [4.78, 5) is 16.3. The molecule has 1 aromatic carbocycles. The topological polar surface area (TPSA) is 41.5 Å². The van der Waals surface area contributed by atoms with Gasteiger partial charge in [0.15, 0.2) is 5.17 Å². The average Bonchev–Trinajstić information content (AvgIpc) is 2.94. The van der Waals surface area contributed by atoms with Crippen molar-refractivity contribution in [3.8, 4) is 0 Å². The molecule has 1 aliphatic carbocycles. The zero-order chi connectivity index (χ0) is 14.3. The van der Waals surface area contributed by atoms with Gasteiger partial charge in [0.1, 0.15) is 4.75 Å². The van der Waals surface area contributed by atoms with Crippen LogP contribution in [-0.4, -0.2) is 15.8 Å². The fraction of sp³-hybridized carbons (Fsp3) is 0.500. The van der Waals surface area contributed by atoms with Gasteiger partial charge in [0.2, 0.25) is 0 Å². The minimum atomic E-state index is -0.416. The van der Waals surface area contributed by atoms with Gasteiger partial charge >= 0.3 is 0 Å². The molecule has 0 saturated heterocycles. The summed E-state index contributed by atoms with van der Waals surface area (Å²) in [5, 5.41) is 4.25. The van der Waals surface area contributed by atoms with Gasteiger partial charge < -0.3 is 5.32 Å². The van der Waals surface area contributed by atoms with Gasteiger partial charge in [0.05, 0.1) is 6.04 Å². The summed E-state index contributed by atoms with van der Waals surface area (Å²) >= 11 is 1.58. The third-order valence-corrected chi connectivity index (χ3v) is 5.94. The normalized spacial score (nSPS) is 28.7. The molecule has 1 heterocycles. The second-order valence-electron chi connectivity index (χ2n) is 6.02. The second-order valence-corrected chi connectivity index (χ2v) is 7.46. The third kappa shape index (κ3) is 2.16. The third-order valence-electron chi connectivity index (χ3n) is 4.47. The molecular formula is C16H20N2OS. The number of amidine groups is 1. The van der Waals surface area contributed by atoms with E-state index in [0.29, 0.717) is 6.04 Å². The molecule has 20 heavy (non-hydrogen) atoms. The number of carbonyl (C=O) groups is 1. The lowest BCUT2D eigenvalue weighted by molar-refractivity contribution is -0.120. The van der Waals surface area contributed by atoms with Gasteiger partial charge in [0, 0.05) is 0 Å². The van der Waals surface area contributed by atoms with Gasteiger partial charge in [-0.1, -0.05) is 49.9 Å². The molecule has 3 nitrogen and oxygen atoms in total. The monoisotopic (exact) mass is 288 g/mol. The van der Waals surface area contributed by atoms with E-state index in [0.717, 1.165) is 18.0 Å². The predicted molar refractivity (Wildman–Crippen MR) is 83.9 cm³/mol. The number of hydrogen-bond donors (Lipinski definition) is 1. The molecule has 2 atom stereocenters. The smallest absolute Gasteiger partial charge is 0.264 e. The van der Waals surface area contributed by atoms with Crippen LogP contribution in [0, 0.1) is 5.92 Å². The van der Waals surface area contributed by atoms with Crippen LogP contribution >= 0.6 is 11.8 Å². The van der Waals surface area contributed by atoms with Gasteiger partial charge in [-0.3, -0.25) is 4.79 Å². The van der Waals surface area contributed by atoms with E-state index in [1.165, 1.54) is 11.1 Å². The van der Waals surface area contributed by atoms with E-state index in [-0.39, 0.29) is 11.8 Å². The van der Waals surface area contributed by atoms with Gasteiger partial charge in [-0.15, -0.1) is 0 Å². The Labute approximate surface area is 124 Å². The zero-order valence-corrected chi connectivity index (χ0v) is 13.0. The second kappa shape index (κ2) is 4.92. The Kier molecular flexibility index (Phi) is 3.36. The van der Waals surface area contributed by atoms with E-state index in [1.807, 2.05) is 6.92 Å². The minimum absolute atomic E-state index is 0.00807. The lowest BCUT2D eigenvalue weighted by atomic mass is 9.96.